The molecule has 0 radical (unpaired) electrons. The molecule has 2 aromatic heterocycles. The van der Waals surface area contributed by atoms with Crippen LogP contribution in [0.3, 0.4) is 0 Å². The van der Waals surface area contributed by atoms with Crippen molar-refractivity contribution in [2.45, 2.75) is 82.9 Å². The number of amides is 2. The number of anilines is 4. The van der Waals surface area contributed by atoms with Crippen molar-refractivity contribution in [3.63, 3.8) is 0 Å². The molecule has 6 N–H and O–H groups in total. The Labute approximate surface area is 407 Å². The maximum absolute atomic E-state index is 15.3. The highest BCUT2D eigenvalue weighted by molar-refractivity contribution is 6.35. The monoisotopic (exact) mass is 982 g/mol. The van der Waals surface area contributed by atoms with Crippen LogP contribution >= 0.6 is 23.2 Å². The van der Waals surface area contributed by atoms with Gasteiger partial charge in [-0.2, -0.15) is 29.9 Å². The van der Waals surface area contributed by atoms with Crippen molar-refractivity contribution in [1.82, 2.24) is 40.5 Å². The van der Waals surface area contributed by atoms with Crippen molar-refractivity contribution >= 4 is 58.8 Å². The molecule has 0 atom stereocenters. The van der Waals surface area contributed by atoms with Crippen molar-refractivity contribution in [3.05, 3.63) is 124 Å². The first-order chi connectivity index (χ1) is 33.3. The number of nitrogens with one attached hydrogen (secondary N) is 6. The van der Waals surface area contributed by atoms with Gasteiger partial charge in [-0.05, 0) is 75.1 Å². The van der Waals surface area contributed by atoms with Gasteiger partial charge in [-0.15, -0.1) is 13.2 Å². The topological polar surface area (TPSA) is 193 Å². The van der Waals surface area contributed by atoms with Crippen LogP contribution in [0.1, 0.15) is 62.5 Å². The number of para-hydroxylation sites is 1. The van der Waals surface area contributed by atoms with Crippen LogP contribution in [-0.2, 0) is 22.7 Å². The Hall–Kier alpha value is -6.79. The van der Waals surface area contributed by atoms with Gasteiger partial charge in [0.05, 0.1) is 10.8 Å². The third kappa shape index (κ3) is 11.4. The smallest absolute Gasteiger partial charge is 0.405 e. The van der Waals surface area contributed by atoms with Gasteiger partial charge < -0.3 is 36.6 Å². The lowest BCUT2D eigenvalue weighted by molar-refractivity contribution is -0.274. The van der Waals surface area contributed by atoms with Crippen LogP contribution in [0, 0.1) is 10.8 Å². The van der Waals surface area contributed by atoms with Gasteiger partial charge in [-0.3, -0.25) is 9.59 Å². The molecule has 360 valence electrons. The molecule has 2 aliphatic carbocycles. The molecule has 20 heteroatoms. The van der Waals surface area contributed by atoms with Gasteiger partial charge in [0.15, 0.2) is 11.6 Å². The van der Waals surface area contributed by atoms with E-state index in [0.29, 0.717) is 76.7 Å². The summed E-state index contributed by atoms with van der Waals surface area (Å²) in [6.07, 6.45) is -2.24. The van der Waals surface area contributed by atoms with Gasteiger partial charge >= 0.3 is 6.36 Å². The number of benzene rings is 4. The van der Waals surface area contributed by atoms with Crippen molar-refractivity contribution in [2.75, 3.05) is 35.4 Å². The minimum Gasteiger partial charge on any atom is -0.405 e. The van der Waals surface area contributed by atoms with Crippen LogP contribution in [0.2, 0.25) is 10.0 Å². The van der Waals surface area contributed by atoms with Gasteiger partial charge in [-0.25, -0.2) is 0 Å². The van der Waals surface area contributed by atoms with Gasteiger partial charge in [0.2, 0.25) is 35.6 Å². The Kier molecular flexibility index (Phi) is 15.0. The number of halogens is 5. The molecule has 0 saturated heterocycles. The third-order valence-electron chi connectivity index (χ3n) is 13.0. The summed E-state index contributed by atoms with van der Waals surface area (Å²) in [6.45, 7) is -0.229. The lowest BCUT2D eigenvalue weighted by Crippen LogP contribution is -2.62. The van der Waals surface area contributed by atoms with E-state index in [0.717, 1.165) is 11.1 Å². The zero-order valence-electron chi connectivity index (χ0n) is 37.8. The second kappa shape index (κ2) is 21.2. The molecule has 15 nitrogen and oxygen atoms in total. The number of ether oxygens (including phenoxy) is 1. The summed E-state index contributed by atoms with van der Waals surface area (Å²) < 4.78 is 44.9. The molecule has 0 unspecified atom stereocenters. The second-order valence-corrected chi connectivity index (χ2v) is 17.9. The lowest BCUT2D eigenvalue weighted by Gasteiger charge is -2.54. The Morgan fingerprint density at radius 1 is 0.594 bits per heavy atom. The summed E-state index contributed by atoms with van der Waals surface area (Å²) in [4.78, 5) is 58.4. The summed E-state index contributed by atoms with van der Waals surface area (Å²) in [5.74, 6) is 1.12. The average molecular weight is 984 g/mol. The predicted molar refractivity (Wildman–Crippen MR) is 260 cm³/mol. The van der Waals surface area contributed by atoms with Crippen LogP contribution in [0.4, 0.5) is 37.0 Å². The van der Waals surface area contributed by atoms with E-state index >= 15 is 9.59 Å². The van der Waals surface area contributed by atoms with E-state index in [9.17, 15) is 13.2 Å². The highest BCUT2D eigenvalue weighted by Crippen LogP contribution is 2.58. The first-order valence-electron chi connectivity index (χ1n) is 22.6. The normalized spacial score (nSPS) is 20.3. The number of hydrogen-bond acceptors (Lipinski definition) is 13. The first-order valence-corrected chi connectivity index (χ1v) is 23.4. The van der Waals surface area contributed by atoms with E-state index in [2.05, 4.69) is 56.6 Å². The number of rotatable bonds is 16. The van der Waals surface area contributed by atoms with E-state index in [1.54, 1.807) is 38.4 Å². The SMILES string of the molecule is CNc1nc(NC2CCC(C(=O)NCc3ccc(Cl)cc3Cl)(C3(C(=O)NCc4ccccc4OC(F)(F)F)CCC(Nc4nc(NC)nc(-c5ccccc5)n4)CC3)CC2)nc(-c2ccccc2)n1. The minimum atomic E-state index is -4.96. The Bertz CT molecular complexity index is 2740. The predicted octanol–water partition coefficient (Wildman–Crippen LogP) is 9.69. The number of carbonyl (C=O) groups is 2. The molecular weight excluding hydrogens is 933 g/mol. The molecule has 2 aliphatic rings. The number of aromatic nitrogens is 6. The largest absolute Gasteiger partial charge is 0.573 e. The van der Waals surface area contributed by atoms with E-state index < -0.39 is 28.8 Å². The van der Waals surface area contributed by atoms with E-state index in [1.807, 2.05) is 60.7 Å². The van der Waals surface area contributed by atoms with Crippen LogP contribution in [0.5, 0.6) is 5.75 Å². The molecule has 0 spiro atoms. The summed E-state index contributed by atoms with van der Waals surface area (Å²) in [5, 5.41) is 19.9. The molecule has 2 amide bonds. The second-order valence-electron chi connectivity index (χ2n) is 17.1. The molecule has 8 rings (SSSR count). The summed E-state index contributed by atoms with van der Waals surface area (Å²) in [7, 11) is 3.44. The molecular formula is C49H51Cl2F3N12O3. The van der Waals surface area contributed by atoms with Gasteiger partial charge in [0.25, 0.3) is 0 Å². The Balaban J connectivity index is 1.12. The van der Waals surface area contributed by atoms with Gasteiger partial charge in [-0.1, -0.05) is 108 Å². The maximum Gasteiger partial charge on any atom is 0.573 e. The van der Waals surface area contributed by atoms with Gasteiger partial charge in [0, 0.05) is 66.0 Å². The Morgan fingerprint density at radius 2 is 1.03 bits per heavy atom. The highest BCUT2D eigenvalue weighted by Gasteiger charge is 2.61. The fraction of sp³-hybridized carbons (Fsp3) is 0.347. The lowest BCUT2D eigenvalue weighted by atomic mass is 9.50. The van der Waals surface area contributed by atoms with Gasteiger partial charge in [0.1, 0.15) is 5.75 Å². The zero-order valence-corrected chi connectivity index (χ0v) is 39.4. The van der Waals surface area contributed by atoms with E-state index in [4.69, 9.17) is 33.2 Å². The van der Waals surface area contributed by atoms with Crippen LogP contribution in [-0.4, -0.2) is 74.3 Å². The third-order valence-corrected chi connectivity index (χ3v) is 13.6. The van der Waals surface area contributed by atoms with E-state index in [1.165, 1.54) is 18.2 Å². The molecule has 4 aromatic carbocycles. The quantitative estimate of drug-likeness (QED) is 0.0538. The molecule has 6 aromatic rings. The van der Waals surface area contributed by atoms with Crippen molar-refractivity contribution in [3.8, 4) is 28.5 Å². The minimum absolute atomic E-state index is 0.0547. The summed E-state index contributed by atoms with van der Waals surface area (Å²) in [6, 6.07) is 29.3. The average Bonchev–Trinajstić information content (AvgIpc) is 3.36. The summed E-state index contributed by atoms with van der Waals surface area (Å²) in [5.41, 5.74) is -0.298. The highest BCUT2D eigenvalue weighted by atomic mass is 35.5. The molecule has 2 saturated carbocycles. The van der Waals surface area contributed by atoms with E-state index in [-0.39, 0.29) is 62.3 Å². The first kappa shape index (κ1) is 48.7. The molecule has 0 aliphatic heterocycles. The van der Waals surface area contributed by atoms with Crippen LogP contribution in [0.25, 0.3) is 22.8 Å². The summed E-state index contributed by atoms with van der Waals surface area (Å²) >= 11 is 12.8. The molecule has 2 heterocycles. The van der Waals surface area contributed by atoms with Crippen LogP contribution < -0.4 is 36.6 Å². The number of carbonyl (C=O) groups excluding carboxylic acids is 2. The number of hydrogen-bond donors (Lipinski definition) is 6. The molecule has 0 bridgehead atoms. The fourth-order valence-electron chi connectivity index (χ4n) is 9.49. The number of nitrogens with zero attached hydrogens (tertiary/aromatic N) is 6. The maximum atomic E-state index is 15.3. The zero-order chi connectivity index (χ0) is 48.6. The molecule has 69 heavy (non-hydrogen) atoms. The van der Waals surface area contributed by atoms with Crippen molar-refractivity contribution in [1.29, 1.82) is 0 Å². The van der Waals surface area contributed by atoms with Crippen molar-refractivity contribution < 1.29 is 27.5 Å². The molecule has 2 fully saturated rings. The van der Waals surface area contributed by atoms with Crippen LogP contribution in [0.15, 0.2) is 103 Å². The Morgan fingerprint density at radius 3 is 1.48 bits per heavy atom. The van der Waals surface area contributed by atoms with Crippen molar-refractivity contribution in [2.24, 2.45) is 10.8 Å². The fourth-order valence-corrected chi connectivity index (χ4v) is 9.96. The number of alkyl halides is 3. The standard InChI is InChI=1S/C49H51Cl2F3N12O3/c1-55-43-61-39(30-11-5-3-6-12-30)63-45(65-43)59-35-19-23-47(24-20-35,41(67)57-28-32-17-18-34(50)27-37(32)51)48(42(68)58-29-33-15-9-10-16-38(33)69-49(52,53)54)25-21-36(22-26-48)60-46-64-40(62-44(56-2)66-46)31-13-7-4-8-14-31/h3-18,27,35-36H,19-26,28-29H2,1-2H3,(H,57,67)(H,58,68)(H2,55,59,61,63,65)(H2,56,60,62,64,66).